The molecule has 0 radical (unpaired) electrons. The van der Waals surface area contributed by atoms with Crippen LogP contribution < -0.4 is 10.2 Å². The summed E-state index contributed by atoms with van der Waals surface area (Å²) in [5.41, 5.74) is 0. The lowest BCUT2D eigenvalue weighted by Crippen LogP contribution is -2.47. The third kappa shape index (κ3) is 51.2. The van der Waals surface area contributed by atoms with Crippen LogP contribution in [-0.2, 0) is 27.9 Å². The zero-order chi connectivity index (χ0) is 50.8. The van der Waals surface area contributed by atoms with Crippen molar-refractivity contribution in [3.8, 4) is 0 Å². The van der Waals surface area contributed by atoms with Crippen LogP contribution in [0.4, 0.5) is 0 Å². The number of carbonyl (C=O) groups is 2. The first-order valence-electron chi connectivity index (χ1n) is 29.6. The quantitative estimate of drug-likeness (QED) is 0.0212. The molecule has 0 saturated heterocycles. The molecule has 1 N–H and O–H groups in total. The first-order valence-corrected chi connectivity index (χ1v) is 31.1. The highest BCUT2D eigenvalue weighted by molar-refractivity contribution is 7.45. The smallest absolute Gasteiger partial charge is 0.306 e. The summed E-state index contributed by atoms with van der Waals surface area (Å²) in [6, 6.07) is -0.884. The van der Waals surface area contributed by atoms with E-state index in [1.807, 2.05) is 33.3 Å². The van der Waals surface area contributed by atoms with Crippen LogP contribution in [-0.4, -0.2) is 69.4 Å². The molecule has 3 unspecified atom stereocenters. The maximum atomic E-state index is 13.5. The largest absolute Gasteiger partial charge is 0.756 e. The van der Waals surface area contributed by atoms with Gasteiger partial charge in [-0.15, -0.1) is 0 Å². The number of nitrogens with zero attached hydrogens (tertiary/aromatic N) is 1. The van der Waals surface area contributed by atoms with Crippen molar-refractivity contribution >= 4 is 19.7 Å². The van der Waals surface area contributed by atoms with Gasteiger partial charge in [-0.1, -0.05) is 251 Å². The Balaban J connectivity index is 5.13. The van der Waals surface area contributed by atoms with E-state index >= 15 is 0 Å². The second-order valence-corrected chi connectivity index (χ2v) is 22.9. The first-order chi connectivity index (χ1) is 33.4. The fourth-order valence-corrected chi connectivity index (χ4v) is 9.46. The van der Waals surface area contributed by atoms with Gasteiger partial charge in [0.15, 0.2) is 0 Å². The number of phosphoric ester groups is 1. The van der Waals surface area contributed by atoms with Crippen molar-refractivity contribution in [2.24, 2.45) is 0 Å². The van der Waals surface area contributed by atoms with Gasteiger partial charge in [-0.25, -0.2) is 0 Å². The van der Waals surface area contributed by atoms with Crippen molar-refractivity contribution in [1.29, 1.82) is 0 Å². The minimum Gasteiger partial charge on any atom is -0.756 e. The van der Waals surface area contributed by atoms with Gasteiger partial charge < -0.3 is 28.5 Å². The fraction of sp³-hybridized carbons (Fsp3) is 0.898. The van der Waals surface area contributed by atoms with Gasteiger partial charge in [0.1, 0.15) is 19.3 Å². The number of amides is 1. The molecule has 0 saturated carbocycles. The molecule has 0 rings (SSSR count). The molecular formula is C59H115N2O7P. The Morgan fingerprint density at radius 1 is 0.493 bits per heavy atom. The van der Waals surface area contributed by atoms with Crippen LogP contribution >= 0.6 is 7.82 Å². The van der Waals surface area contributed by atoms with E-state index in [4.69, 9.17) is 13.8 Å². The summed E-state index contributed by atoms with van der Waals surface area (Å²) in [6.07, 6.45) is 57.2. The number of phosphoric acid groups is 1. The molecule has 0 aromatic heterocycles. The average Bonchev–Trinajstić information content (AvgIpc) is 3.31. The molecule has 0 aromatic rings. The van der Waals surface area contributed by atoms with E-state index in [-0.39, 0.29) is 31.5 Å². The Kier molecular flexibility index (Phi) is 48.9. The van der Waals surface area contributed by atoms with Crippen molar-refractivity contribution in [2.45, 2.75) is 303 Å². The first kappa shape index (κ1) is 67.5. The van der Waals surface area contributed by atoms with Gasteiger partial charge in [0, 0.05) is 12.8 Å². The molecule has 0 bridgehead atoms. The Hall–Kier alpha value is -1.51. The topological polar surface area (TPSA) is 114 Å². The summed E-state index contributed by atoms with van der Waals surface area (Å²) in [5.74, 6) is -0.540. The number of nitrogens with one attached hydrogen (secondary N) is 1. The lowest BCUT2D eigenvalue weighted by Gasteiger charge is -2.30. The highest BCUT2D eigenvalue weighted by Crippen LogP contribution is 2.38. The second-order valence-electron chi connectivity index (χ2n) is 21.5. The molecule has 10 heteroatoms. The fourth-order valence-electron chi connectivity index (χ4n) is 8.74. The molecule has 0 aromatic carbocycles. The van der Waals surface area contributed by atoms with Crippen LogP contribution in [0.25, 0.3) is 0 Å². The summed E-state index contributed by atoms with van der Waals surface area (Å²) in [6.45, 7) is 6.82. The number of rotatable bonds is 54. The molecular weight excluding hydrogens is 880 g/mol. The second kappa shape index (κ2) is 50.0. The molecule has 3 atom stereocenters. The van der Waals surface area contributed by atoms with Crippen molar-refractivity contribution in [1.82, 2.24) is 5.32 Å². The van der Waals surface area contributed by atoms with Crippen molar-refractivity contribution < 1.29 is 37.3 Å². The molecule has 0 aliphatic heterocycles. The number of hydrogen-bond acceptors (Lipinski definition) is 7. The molecule has 408 valence electrons. The lowest BCUT2D eigenvalue weighted by molar-refractivity contribution is -0.870. The number of esters is 1. The average molecular weight is 996 g/mol. The summed E-state index contributed by atoms with van der Waals surface area (Å²) < 4.78 is 30.2. The number of ether oxygens (including phenoxy) is 1. The Labute approximate surface area is 428 Å². The van der Waals surface area contributed by atoms with Crippen molar-refractivity contribution in [3.63, 3.8) is 0 Å². The van der Waals surface area contributed by atoms with Crippen LogP contribution in [0.1, 0.15) is 290 Å². The normalized spacial score (nSPS) is 13.9. The number of carbonyl (C=O) groups excluding carboxylic acids is 2. The Morgan fingerprint density at radius 2 is 0.855 bits per heavy atom. The number of hydrogen-bond donors (Lipinski definition) is 1. The zero-order valence-corrected chi connectivity index (χ0v) is 47.4. The van der Waals surface area contributed by atoms with E-state index in [0.717, 1.165) is 83.5 Å². The molecule has 0 fully saturated rings. The molecule has 69 heavy (non-hydrogen) atoms. The van der Waals surface area contributed by atoms with Crippen LogP contribution in [0, 0.1) is 0 Å². The molecule has 9 nitrogen and oxygen atoms in total. The molecule has 1 amide bonds. The van der Waals surface area contributed by atoms with Gasteiger partial charge in [-0.3, -0.25) is 14.2 Å². The SMILES string of the molecule is CCCC/C=C\CCCCCCCC(=O)OC(/C=C\CCCCCCCCCCC)C(COP(=O)([O-])OCC[N+](C)(C)C)NC(=O)CCCCCCCCCCCCCCCCCCCCCCC. The predicted octanol–water partition coefficient (Wildman–Crippen LogP) is 17.1. The maximum absolute atomic E-state index is 13.5. The van der Waals surface area contributed by atoms with Gasteiger partial charge in [0.2, 0.25) is 5.91 Å². The maximum Gasteiger partial charge on any atom is 0.306 e. The number of likely N-dealkylation sites (N-methyl/N-ethyl adjacent to an activating group) is 1. The van der Waals surface area contributed by atoms with Gasteiger partial charge in [0.05, 0.1) is 33.8 Å². The van der Waals surface area contributed by atoms with Crippen molar-refractivity contribution in [3.05, 3.63) is 24.3 Å². The van der Waals surface area contributed by atoms with E-state index in [1.165, 1.54) is 173 Å². The molecule has 0 aliphatic carbocycles. The number of quaternary nitrogens is 1. The highest BCUT2D eigenvalue weighted by atomic mass is 31.2. The van der Waals surface area contributed by atoms with E-state index in [1.54, 1.807) is 0 Å². The number of allylic oxidation sites excluding steroid dienone is 3. The third-order valence-electron chi connectivity index (χ3n) is 13.4. The standard InChI is InChI=1S/C59H115N2O7P/c1-7-10-13-16-19-22-25-26-27-28-29-30-31-32-33-34-37-39-42-45-48-51-58(62)60-56(55-67-69(64,65)66-54-53-61(4,5)6)57(50-47-44-41-38-35-23-20-17-14-11-8-2)68-59(63)52-49-46-43-40-36-24-21-18-15-12-9-3/h18,21,47,50,56-57H,7-17,19-20,22-46,48-49,51-55H2,1-6H3,(H-,60,62,64,65)/b21-18-,50-47-. The summed E-state index contributed by atoms with van der Waals surface area (Å²) >= 11 is 0. The zero-order valence-electron chi connectivity index (χ0n) is 46.5. The monoisotopic (exact) mass is 995 g/mol. The molecule has 0 spiro atoms. The van der Waals surface area contributed by atoms with Gasteiger partial charge in [-0.2, -0.15) is 0 Å². The van der Waals surface area contributed by atoms with Crippen LogP contribution in [0.2, 0.25) is 0 Å². The van der Waals surface area contributed by atoms with Crippen molar-refractivity contribution in [2.75, 3.05) is 40.9 Å². The van der Waals surface area contributed by atoms with E-state index < -0.39 is 20.0 Å². The van der Waals surface area contributed by atoms with Gasteiger partial charge in [-0.05, 0) is 51.0 Å². The van der Waals surface area contributed by atoms with Crippen LogP contribution in [0.3, 0.4) is 0 Å². The van der Waals surface area contributed by atoms with Gasteiger partial charge >= 0.3 is 5.97 Å². The van der Waals surface area contributed by atoms with E-state index in [9.17, 15) is 19.0 Å². The third-order valence-corrected chi connectivity index (χ3v) is 14.3. The van der Waals surface area contributed by atoms with Crippen LogP contribution in [0.5, 0.6) is 0 Å². The summed E-state index contributed by atoms with van der Waals surface area (Å²) in [4.78, 5) is 39.8. The van der Waals surface area contributed by atoms with Gasteiger partial charge in [0.25, 0.3) is 7.82 Å². The lowest BCUT2D eigenvalue weighted by atomic mass is 10.0. The molecule has 0 aliphatic rings. The minimum atomic E-state index is -4.69. The Bertz CT molecular complexity index is 1240. The summed E-state index contributed by atoms with van der Waals surface area (Å²) in [7, 11) is 1.19. The molecule has 0 heterocycles. The number of unbranched alkanes of at least 4 members (excludes halogenated alkanes) is 36. The van der Waals surface area contributed by atoms with Crippen LogP contribution in [0.15, 0.2) is 24.3 Å². The summed E-state index contributed by atoms with van der Waals surface area (Å²) in [5, 5.41) is 3.02. The van der Waals surface area contributed by atoms with E-state index in [2.05, 4.69) is 38.2 Å². The highest BCUT2D eigenvalue weighted by Gasteiger charge is 2.27. The minimum absolute atomic E-state index is 0.0203. The predicted molar refractivity (Wildman–Crippen MR) is 293 cm³/mol. The van der Waals surface area contributed by atoms with E-state index in [0.29, 0.717) is 17.4 Å². The Morgan fingerprint density at radius 3 is 1.28 bits per heavy atom.